The first-order valence-electron chi connectivity index (χ1n) is 6.79. The van der Waals surface area contributed by atoms with E-state index in [2.05, 4.69) is 17.0 Å². The van der Waals surface area contributed by atoms with Crippen LogP contribution in [0.2, 0.25) is 0 Å². The molecule has 1 aromatic carbocycles. The summed E-state index contributed by atoms with van der Waals surface area (Å²) >= 11 is 0. The number of nitrogens with zero attached hydrogens (tertiary/aromatic N) is 1. The minimum Gasteiger partial charge on any atom is -0.391 e. The second-order valence-corrected chi connectivity index (χ2v) is 5.06. The van der Waals surface area contributed by atoms with Crippen molar-refractivity contribution < 1.29 is 5.11 Å². The van der Waals surface area contributed by atoms with Gasteiger partial charge in [0.25, 0.3) is 0 Å². The highest BCUT2D eigenvalue weighted by atomic mass is 16.3. The van der Waals surface area contributed by atoms with Crippen LogP contribution in [0, 0.1) is 0 Å². The summed E-state index contributed by atoms with van der Waals surface area (Å²) in [4.78, 5) is 2.42. The van der Waals surface area contributed by atoms with E-state index in [1.807, 2.05) is 18.2 Å². The number of hydrogen-bond acceptors (Lipinski definition) is 2. The number of likely N-dealkylation sites (tertiary alicyclic amines) is 1. The lowest BCUT2D eigenvalue weighted by Gasteiger charge is -2.23. The van der Waals surface area contributed by atoms with Crippen molar-refractivity contribution >= 4 is 0 Å². The average Bonchev–Trinajstić information content (AvgIpc) is 2.59. The lowest BCUT2D eigenvalue weighted by molar-refractivity contribution is 0.114. The van der Waals surface area contributed by atoms with E-state index in [-0.39, 0.29) is 6.10 Å². The van der Waals surface area contributed by atoms with Crippen molar-refractivity contribution in [3.8, 4) is 0 Å². The quantitative estimate of drug-likeness (QED) is 0.863. The summed E-state index contributed by atoms with van der Waals surface area (Å²) in [6, 6.07) is 10.3. The van der Waals surface area contributed by atoms with Gasteiger partial charge in [-0.25, -0.2) is 0 Å². The molecule has 94 valence electrons. The third-order valence-electron chi connectivity index (χ3n) is 3.48. The molecule has 0 bridgehead atoms. The predicted octanol–water partition coefficient (Wildman–Crippen LogP) is 2.47. The van der Waals surface area contributed by atoms with Crippen LogP contribution in [0.15, 0.2) is 30.3 Å². The van der Waals surface area contributed by atoms with E-state index in [0.717, 1.165) is 26.1 Å². The molecule has 1 unspecified atom stereocenters. The first-order valence-corrected chi connectivity index (χ1v) is 6.79. The van der Waals surface area contributed by atoms with Crippen LogP contribution in [0.1, 0.15) is 31.2 Å². The van der Waals surface area contributed by atoms with E-state index < -0.39 is 0 Å². The Morgan fingerprint density at radius 2 is 1.65 bits per heavy atom. The van der Waals surface area contributed by atoms with Crippen molar-refractivity contribution in [2.24, 2.45) is 0 Å². The zero-order valence-corrected chi connectivity index (χ0v) is 10.5. The van der Waals surface area contributed by atoms with Gasteiger partial charge in [-0.05, 0) is 37.9 Å². The number of benzene rings is 1. The number of aliphatic hydroxyl groups excluding tert-OH is 1. The monoisotopic (exact) mass is 233 g/mol. The van der Waals surface area contributed by atoms with E-state index in [1.165, 1.54) is 31.2 Å². The van der Waals surface area contributed by atoms with Gasteiger partial charge < -0.3 is 10.0 Å². The molecule has 1 atom stereocenters. The molecular weight excluding hydrogens is 210 g/mol. The minimum absolute atomic E-state index is 0.226. The summed E-state index contributed by atoms with van der Waals surface area (Å²) < 4.78 is 0. The Kier molecular flexibility index (Phi) is 5.02. The summed E-state index contributed by atoms with van der Waals surface area (Å²) in [5.74, 6) is 0. The maximum atomic E-state index is 10.1. The van der Waals surface area contributed by atoms with Crippen LogP contribution in [-0.2, 0) is 6.42 Å². The third kappa shape index (κ3) is 4.49. The first-order chi connectivity index (χ1) is 8.34. The molecule has 0 aromatic heterocycles. The Morgan fingerprint density at radius 1 is 1.00 bits per heavy atom. The lowest BCUT2D eigenvalue weighted by atomic mass is 10.1. The normalized spacial score (nSPS) is 19.8. The molecule has 2 rings (SSSR count). The first kappa shape index (κ1) is 12.6. The lowest BCUT2D eigenvalue weighted by Crippen LogP contribution is -2.34. The van der Waals surface area contributed by atoms with Gasteiger partial charge in [-0.1, -0.05) is 43.2 Å². The molecule has 1 aromatic rings. The van der Waals surface area contributed by atoms with Crippen molar-refractivity contribution in [3.05, 3.63) is 35.9 Å². The van der Waals surface area contributed by atoms with Gasteiger partial charge in [0.15, 0.2) is 0 Å². The molecule has 2 nitrogen and oxygen atoms in total. The largest absolute Gasteiger partial charge is 0.391 e. The van der Waals surface area contributed by atoms with Gasteiger partial charge in [0.2, 0.25) is 0 Å². The number of hydrogen-bond donors (Lipinski definition) is 1. The standard InChI is InChI=1S/C15H23NO/c17-15(12-14-8-4-3-5-9-14)13-16-10-6-1-2-7-11-16/h3-5,8-9,15,17H,1-2,6-7,10-13H2. The van der Waals surface area contributed by atoms with Crippen molar-refractivity contribution in [3.63, 3.8) is 0 Å². The van der Waals surface area contributed by atoms with Crippen LogP contribution < -0.4 is 0 Å². The molecular formula is C15H23NO. The fourth-order valence-electron chi connectivity index (χ4n) is 2.57. The number of aliphatic hydroxyl groups is 1. The zero-order valence-electron chi connectivity index (χ0n) is 10.5. The van der Waals surface area contributed by atoms with E-state index >= 15 is 0 Å². The van der Waals surface area contributed by atoms with Crippen molar-refractivity contribution in [2.45, 2.75) is 38.2 Å². The predicted molar refractivity (Wildman–Crippen MR) is 71.1 cm³/mol. The van der Waals surface area contributed by atoms with Crippen LogP contribution in [-0.4, -0.2) is 35.7 Å². The summed E-state index contributed by atoms with van der Waals surface area (Å²) in [5, 5.41) is 10.1. The minimum atomic E-state index is -0.226. The topological polar surface area (TPSA) is 23.5 Å². The van der Waals surface area contributed by atoms with Crippen LogP contribution in [0.4, 0.5) is 0 Å². The molecule has 1 heterocycles. The summed E-state index contributed by atoms with van der Waals surface area (Å²) in [6.07, 6.45) is 5.83. The molecule has 0 spiro atoms. The Hall–Kier alpha value is -0.860. The molecule has 2 heteroatoms. The molecule has 1 N–H and O–H groups in total. The molecule has 0 aliphatic carbocycles. The van der Waals surface area contributed by atoms with Crippen LogP contribution in [0.25, 0.3) is 0 Å². The second kappa shape index (κ2) is 6.77. The molecule has 17 heavy (non-hydrogen) atoms. The third-order valence-corrected chi connectivity index (χ3v) is 3.48. The van der Waals surface area contributed by atoms with E-state index in [0.29, 0.717) is 0 Å². The van der Waals surface area contributed by atoms with Crippen LogP contribution in [0.3, 0.4) is 0 Å². The Balaban J connectivity index is 1.78. The Labute approximate surface area is 104 Å². The molecule has 0 saturated carbocycles. The molecule has 1 fully saturated rings. The highest BCUT2D eigenvalue weighted by Crippen LogP contribution is 2.11. The maximum Gasteiger partial charge on any atom is 0.0707 e. The molecule has 1 aliphatic heterocycles. The van der Waals surface area contributed by atoms with Gasteiger partial charge >= 0.3 is 0 Å². The molecule has 0 amide bonds. The number of rotatable bonds is 4. The van der Waals surface area contributed by atoms with Crippen molar-refractivity contribution in [1.82, 2.24) is 4.90 Å². The van der Waals surface area contributed by atoms with E-state index in [9.17, 15) is 5.11 Å². The Morgan fingerprint density at radius 3 is 2.29 bits per heavy atom. The van der Waals surface area contributed by atoms with Crippen molar-refractivity contribution in [1.29, 1.82) is 0 Å². The zero-order chi connectivity index (χ0) is 11.9. The van der Waals surface area contributed by atoms with Gasteiger partial charge in [0, 0.05) is 6.54 Å². The van der Waals surface area contributed by atoms with Gasteiger partial charge in [0.1, 0.15) is 0 Å². The highest BCUT2D eigenvalue weighted by Gasteiger charge is 2.13. The van der Waals surface area contributed by atoms with E-state index in [4.69, 9.17) is 0 Å². The SMILES string of the molecule is OC(Cc1ccccc1)CN1CCCCCC1. The van der Waals surface area contributed by atoms with Crippen molar-refractivity contribution in [2.75, 3.05) is 19.6 Å². The summed E-state index contributed by atoms with van der Waals surface area (Å²) in [6.45, 7) is 3.15. The van der Waals surface area contributed by atoms with Gasteiger partial charge in [-0.15, -0.1) is 0 Å². The summed E-state index contributed by atoms with van der Waals surface area (Å²) in [5.41, 5.74) is 1.23. The maximum absolute atomic E-state index is 10.1. The number of β-amino-alcohol motifs (C(OH)–C–C–N with tert-alkyl or cyclic N) is 1. The highest BCUT2D eigenvalue weighted by molar-refractivity contribution is 5.15. The van der Waals surface area contributed by atoms with Gasteiger partial charge in [-0.3, -0.25) is 0 Å². The van der Waals surface area contributed by atoms with Gasteiger partial charge in [-0.2, -0.15) is 0 Å². The van der Waals surface area contributed by atoms with E-state index in [1.54, 1.807) is 0 Å². The fraction of sp³-hybridized carbons (Fsp3) is 0.600. The Bertz CT molecular complexity index is 304. The molecule has 0 radical (unpaired) electrons. The van der Waals surface area contributed by atoms with Gasteiger partial charge in [0.05, 0.1) is 6.10 Å². The smallest absolute Gasteiger partial charge is 0.0707 e. The van der Waals surface area contributed by atoms with Crippen LogP contribution >= 0.6 is 0 Å². The fourth-order valence-corrected chi connectivity index (χ4v) is 2.57. The molecule has 1 saturated heterocycles. The molecule has 1 aliphatic rings. The summed E-state index contributed by atoms with van der Waals surface area (Å²) in [7, 11) is 0. The van der Waals surface area contributed by atoms with Crippen LogP contribution in [0.5, 0.6) is 0 Å². The second-order valence-electron chi connectivity index (χ2n) is 5.06. The average molecular weight is 233 g/mol.